The van der Waals surface area contributed by atoms with Gasteiger partial charge in [-0.3, -0.25) is 4.79 Å². The van der Waals surface area contributed by atoms with E-state index in [0.717, 1.165) is 10.0 Å². The molecule has 0 spiro atoms. The molecule has 0 saturated heterocycles. The van der Waals surface area contributed by atoms with Gasteiger partial charge in [0, 0.05) is 10.0 Å². The van der Waals surface area contributed by atoms with E-state index in [1.807, 2.05) is 24.3 Å². The standard InChI is InChI=1S/C11H9BrN2O3/c1-16-10(15)6-9-13-11(14-17-9)7-4-2-3-5-8(7)12/h2-5H,6H2,1H3. The monoisotopic (exact) mass is 296 g/mol. The average molecular weight is 297 g/mol. The Hall–Kier alpha value is -1.69. The van der Waals surface area contributed by atoms with Gasteiger partial charge in [-0.25, -0.2) is 0 Å². The van der Waals surface area contributed by atoms with Crippen molar-refractivity contribution in [2.24, 2.45) is 0 Å². The Morgan fingerprint density at radius 3 is 2.94 bits per heavy atom. The van der Waals surface area contributed by atoms with Gasteiger partial charge in [-0.15, -0.1) is 0 Å². The van der Waals surface area contributed by atoms with Crippen LogP contribution in [0.15, 0.2) is 33.3 Å². The fourth-order valence-corrected chi connectivity index (χ4v) is 1.74. The summed E-state index contributed by atoms with van der Waals surface area (Å²) in [4.78, 5) is 15.2. The van der Waals surface area contributed by atoms with Crippen LogP contribution < -0.4 is 0 Å². The topological polar surface area (TPSA) is 65.2 Å². The van der Waals surface area contributed by atoms with Gasteiger partial charge in [-0.1, -0.05) is 33.2 Å². The van der Waals surface area contributed by atoms with Crippen molar-refractivity contribution in [3.05, 3.63) is 34.6 Å². The lowest BCUT2D eigenvalue weighted by Crippen LogP contribution is -2.04. The zero-order valence-corrected chi connectivity index (χ0v) is 10.6. The maximum atomic E-state index is 11.0. The van der Waals surface area contributed by atoms with E-state index < -0.39 is 5.97 Å². The molecule has 0 aliphatic carbocycles. The van der Waals surface area contributed by atoms with E-state index in [9.17, 15) is 4.79 Å². The van der Waals surface area contributed by atoms with Crippen molar-refractivity contribution in [2.45, 2.75) is 6.42 Å². The van der Waals surface area contributed by atoms with Crippen LogP contribution in [0.4, 0.5) is 0 Å². The Morgan fingerprint density at radius 2 is 2.24 bits per heavy atom. The molecule has 1 aromatic carbocycles. The smallest absolute Gasteiger partial charge is 0.315 e. The second-order valence-electron chi connectivity index (χ2n) is 3.24. The largest absolute Gasteiger partial charge is 0.469 e. The van der Waals surface area contributed by atoms with E-state index in [1.165, 1.54) is 7.11 Å². The number of benzene rings is 1. The molecule has 0 aliphatic heterocycles. The van der Waals surface area contributed by atoms with E-state index in [0.29, 0.717) is 5.82 Å². The molecule has 2 aromatic rings. The second-order valence-corrected chi connectivity index (χ2v) is 4.10. The van der Waals surface area contributed by atoms with Crippen molar-refractivity contribution >= 4 is 21.9 Å². The first-order valence-electron chi connectivity index (χ1n) is 4.85. The SMILES string of the molecule is COC(=O)Cc1nc(-c2ccccc2Br)no1. The molecule has 2 rings (SSSR count). The quantitative estimate of drug-likeness (QED) is 0.813. The van der Waals surface area contributed by atoms with Crippen LogP contribution in [0, 0.1) is 0 Å². The molecule has 88 valence electrons. The summed E-state index contributed by atoms with van der Waals surface area (Å²) in [5, 5.41) is 3.81. The zero-order valence-electron chi connectivity index (χ0n) is 9.01. The van der Waals surface area contributed by atoms with Gasteiger partial charge in [0.1, 0.15) is 6.42 Å². The molecule has 0 saturated carbocycles. The highest BCUT2D eigenvalue weighted by molar-refractivity contribution is 9.10. The fraction of sp³-hybridized carbons (Fsp3) is 0.182. The molecule has 0 bridgehead atoms. The molecule has 0 aliphatic rings. The highest BCUT2D eigenvalue weighted by Gasteiger charge is 2.13. The highest BCUT2D eigenvalue weighted by atomic mass is 79.9. The first-order valence-corrected chi connectivity index (χ1v) is 5.64. The summed E-state index contributed by atoms with van der Waals surface area (Å²) >= 11 is 3.39. The van der Waals surface area contributed by atoms with Crippen LogP contribution in [0.2, 0.25) is 0 Å². The zero-order chi connectivity index (χ0) is 12.3. The summed E-state index contributed by atoms with van der Waals surface area (Å²) in [5.41, 5.74) is 0.812. The van der Waals surface area contributed by atoms with Crippen molar-refractivity contribution < 1.29 is 14.1 Å². The third kappa shape index (κ3) is 2.71. The van der Waals surface area contributed by atoms with E-state index in [-0.39, 0.29) is 12.3 Å². The minimum absolute atomic E-state index is 0.0199. The Kier molecular flexibility index (Phi) is 3.53. The minimum atomic E-state index is -0.410. The van der Waals surface area contributed by atoms with Crippen LogP contribution in [0.5, 0.6) is 0 Å². The lowest BCUT2D eigenvalue weighted by molar-refractivity contribution is -0.140. The van der Waals surface area contributed by atoms with Gasteiger partial charge in [-0.05, 0) is 12.1 Å². The van der Waals surface area contributed by atoms with Gasteiger partial charge in [0.2, 0.25) is 11.7 Å². The Bertz CT molecular complexity index is 539. The van der Waals surface area contributed by atoms with Crippen molar-refractivity contribution in [1.82, 2.24) is 10.1 Å². The molecule has 0 unspecified atom stereocenters. The molecule has 1 heterocycles. The van der Waals surface area contributed by atoms with Gasteiger partial charge >= 0.3 is 5.97 Å². The molecule has 6 heteroatoms. The normalized spacial score (nSPS) is 10.2. The van der Waals surface area contributed by atoms with Crippen molar-refractivity contribution in [3.8, 4) is 11.4 Å². The van der Waals surface area contributed by atoms with E-state index in [4.69, 9.17) is 4.52 Å². The molecule has 0 radical (unpaired) electrons. The third-order valence-corrected chi connectivity index (χ3v) is 2.80. The lowest BCUT2D eigenvalue weighted by Gasteiger charge is -1.96. The Balaban J connectivity index is 2.24. The van der Waals surface area contributed by atoms with Crippen LogP contribution in [0.25, 0.3) is 11.4 Å². The molecule has 0 fully saturated rings. The van der Waals surface area contributed by atoms with Crippen LogP contribution in [0.1, 0.15) is 5.89 Å². The molecule has 0 amide bonds. The van der Waals surface area contributed by atoms with Crippen molar-refractivity contribution in [2.75, 3.05) is 7.11 Å². The van der Waals surface area contributed by atoms with E-state index in [1.54, 1.807) is 0 Å². The number of esters is 1. The predicted molar refractivity (Wildman–Crippen MR) is 63.2 cm³/mol. The molecule has 5 nitrogen and oxygen atoms in total. The molecule has 0 N–H and O–H groups in total. The maximum absolute atomic E-state index is 11.0. The van der Waals surface area contributed by atoms with Gasteiger partial charge in [0.15, 0.2) is 0 Å². The Morgan fingerprint density at radius 1 is 1.47 bits per heavy atom. The number of hydrogen-bond donors (Lipinski definition) is 0. The summed E-state index contributed by atoms with van der Waals surface area (Å²) in [6.45, 7) is 0. The molecular formula is C11H9BrN2O3. The molecular weight excluding hydrogens is 288 g/mol. The van der Waals surface area contributed by atoms with E-state index in [2.05, 4.69) is 30.8 Å². The first-order chi connectivity index (χ1) is 8.20. The second kappa shape index (κ2) is 5.09. The highest BCUT2D eigenvalue weighted by Crippen LogP contribution is 2.25. The summed E-state index contributed by atoms with van der Waals surface area (Å²) in [6, 6.07) is 7.50. The van der Waals surface area contributed by atoms with Crippen molar-refractivity contribution in [3.63, 3.8) is 0 Å². The number of ether oxygens (including phenoxy) is 1. The van der Waals surface area contributed by atoms with Crippen LogP contribution >= 0.6 is 15.9 Å². The van der Waals surface area contributed by atoms with Crippen LogP contribution in [-0.2, 0) is 16.0 Å². The van der Waals surface area contributed by atoms with Gasteiger partial charge in [-0.2, -0.15) is 4.98 Å². The first kappa shape index (κ1) is 11.8. The molecule has 17 heavy (non-hydrogen) atoms. The number of hydrogen-bond acceptors (Lipinski definition) is 5. The van der Waals surface area contributed by atoms with Crippen LogP contribution in [0.3, 0.4) is 0 Å². The molecule has 1 aromatic heterocycles. The number of rotatable bonds is 3. The van der Waals surface area contributed by atoms with Crippen molar-refractivity contribution in [1.29, 1.82) is 0 Å². The maximum Gasteiger partial charge on any atom is 0.315 e. The Labute approximate surface area is 106 Å². The summed E-state index contributed by atoms with van der Waals surface area (Å²) in [6.07, 6.45) is -0.0199. The summed E-state index contributed by atoms with van der Waals surface area (Å²) in [7, 11) is 1.31. The fourth-order valence-electron chi connectivity index (χ4n) is 1.27. The average Bonchev–Trinajstić information content (AvgIpc) is 2.78. The van der Waals surface area contributed by atoms with Gasteiger partial charge in [0.05, 0.1) is 7.11 Å². The summed E-state index contributed by atoms with van der Waals surface area (Å²) in [5.74, 6) is 0.270. The minimum Gasteiger partial charge on any atom is -0.469 e. The number of nitrogens with zero attached hydrogens (tertiary/aromatic N) is 2. The number of carbonyl (C=O) groups is 1. The third-order valence-electron chi connectivity index (χ3n) is 2.11. The number of aromatic nitrogens is 2. The number of carbonyl (C=O) groups excluding carboxylic acids is 1. The van der Waals surface area contributed by atoms with E-state index >= 15 is 0 Å². The lowest BCUT2D eigenvalue weighted by atomic mass is 10.2. The van der Waals surface area contributed by atoms with Gasteiger partial charge in [0.25, 0.3) is 0 Å². The van der Waals surface area contributed by atoms with Gasteiger partial charge < -0.3 is 9.26 Å². The number of methoxy groups -OCH3 is 1. The number of halogens is 1. The molecule has 0 atom stereocenters. The predicted octanol–water partition coefficient (Wildman–Crippen LogP) is 2.21. The summed E-state index contributed by atoms with van der Waals surface area (Å²) < 4.78 is 10.3. The van der Waals surface area contributed by atoms with Crippen LogP contribution in [-0.4, -0.2) is 23.2 Å².